The standard InChI is InChI=1S/C18H23N3O2S/c22-24(23,18-8-10-20-14-18)21-17(11-15-5-2-1-3-6-15)12-16-7-4-9-19-13-16/h1-7,9,13,17-18,20-21H,8,10-12,14H2. The zero-order valence-corrected chi connectivity index (χ0v) is 14.4. The molecule has 24 heavy (non-hydrogen) atoms. The first-order valence-electron chi connectivity index (χ1n) is 8.28. The van der Waals surface area contributed by atoms with E-state index in [1.54, 1.807) is 12.4 Å². The molecule has 0 aliphatic carbocycles. The average molecular weight is 345 g/mol. The van der Waals surface area contributed by atoms with Gasteiger partial charge in [-0.3, -0.25) is 4.98 Å². The number of hydrogen-bond donors (Lipinski definition) is 2. The first-order valence-corrected chi connectivity index (χ1v) is 9.83. The quantitative estimate of drug-likeness (QED) is 0.798. The van der Waals surface area contributed by atoms with Gasteiger partial charge in [0, 0.05) is 25.0 Å². The molecule has 1 aromatic carbocycles. The minimum atomic E-state index is -3.33. The Labute approximate surface area is 143 Å². The number of aromatic nitrogens is 1. The normalized spacial score (nSPS) is 19.2. The van der Waals surface area contributed by atoms with Crippen molar-refractivity contribution in [2.24, 2.45) is 0 Å². The van der Waals surface area contributed by atoms with E-state index in [4.69, 9.17) is 0 Å². The van der Waals surface area contributed by atoms with Crippen molar-refractivity contribution in [2.75, 3.05) is 13.1 Å². The van der Waals surface area contributed by atoms with Gasteiger partial charge in [0.2, 0.25) is 10.0 Å². The van der Waals surface area contributed by atoms with Gasteiger partial charge in [-0.2, -0.15) is 0 Å². The smallest absolute Gasteiger partial charge is 0.216 e. The van der Waals surface area contributed by atoms with Crippen LogP contribution in [0.5, 0.6) is 0 Å². The number of benzene rings is 1. The molecule has 2 atom stereocenters. The van der Waals surface area contributed by atoms with E-state index >= 15 is 0 Å². The minimum Gasteiger partial charge on any atom is -0.315 e. The Morgan fingerprint density at radius 2 is 1.88 bits per heavy atom. The zero-order chi connectivity index (χ0) is 16.8. The molecule has 6 heteroatoms. The molecule has 2 aromatic rings. The maximum absolute atomic E-state index is 12.7. The fourth-order valence-corrected chi connectivity index (χ4v) is 4.67. The number of rotatable bonds is 7. The molecular weight excluding hydrogens is 322 g/mol. The molecule has 2 unspecified atom stereocenters. The van der Waals surface area contributed by atoms with Crippen molar-refractivity contribution in [2.45, 2.75) is 30.6 Å². The summed E-state index contributed by atoms with van der Waals surface area (Å²) < 4.78 is 28.3. The first-order chi connectivity index (χ1) is 11.6. The van der Waals surface area contributed by atoms with E-state index in [1.807, 2.05) is 42.5 Å². The SMILES string of the molecule is O=S(=O)(NC(Cc1ccccc1)Cc1cccnc1)C1CCNC1. The number of hydrogen-bond acceptors (Lipinski definition) is 4. The van der Waals surface area contributed by atoms with Gasteiger partial charge in [-0.15, -0.1) is 0 Å². The van der Waals surface area contributed by atoms with Crippen LogP contribution in [0.25, 0.3) is 0 Å². The highest BCUT2D eigenvalue weighted by atomic mass is 32.2. The Bertz CT molecular complexity index is 688. The topological polar surface area (TPSA) is 71.1 Å². The molecule has 0 bridgehead atoms. The largest absolute Gasteiger partial charge is 0.315 e. The highest BCUT2D eigenvalue weighted by molar-refractivity contribution is 7.90. The van der Waals surface area contributed by atoms with Gasteiger partial charge in [0.05, 0.1) is 5.25 Å². The summed E-state index contributed by atoms with van der Waals surface area (Å²) in [6.07, 6.45) is 5.48. The third-order valence-corrected chi connectivity index (χ3v) is 6.26. The number of pyridine rings is 1. The summed E-state index contributed by atoms with van der Waals surface area (Å²) in [7, 11) is -3.33. The molecule has 1 fully saturated rings. The number of sulfonamides is 1. The molecule has 1 aromatic heterocycles. The van der Waals surface area contributed by atoms with E-state index in [1.165, 1.54) is 0 Å². The van der Waals surface area contributed by atoms with Gasteiger partial charge in [0.25, 0.3) is 0 Å². The summed E-state index contributed by atoms with van der Waals surface area (Å²) in [6, 6.07) is 13.7. The predicted molar refractivity (Wildman–Crippen MR) is 95.2 cm³/mol. The summed E-state index contributed by atoms with van der Waals surface area (Å²) in [5.41, 5.74) is 2.16. The molecular formula is C18H23N3O2S. The molecule has 1 saturated heterocycles. The summed E-state index contributed by atoms with van der Waals surface area (Å²) in [5, 5.41) is 2.78. The average Bonchev–Trinajstić information content (AvgIpc) is 3.12. The van der Waals surface area contributed by atoms with Crippen LogP contribution in [-0.4, -0.2) is 37.8 Å². The second-order valence-electron chi connectivity index (χ2n) is 6.23. The van der Waals surface area contributed by atoms with Crippen molar-refractivity contribution < 1.29 is 8.42 Å². The summed E-state index contributed by atoms with van der Waals surface area (Å²) in [6.45, 7) is 1.29. The maximum Gasteiger partial charge on any atom is 0.216 e. The fraction of sp³-hybridized carbons (Fsp3) is 0.389. The Hall–Kier alpha value is -1.76. The lowest BCUT2D eigenvalue weighted by Crippen LogP contribution is -2.43. The summed E-state index contributed by atoms with van der Waals surface area (Å²) in [4.78, 5) is 4.13. The van der Waals surface area contributed by atoms with Gasteiger partial charge in [0.15, 0.2) is 0 Å². The van der Waals surface area contributed by atoms with Gasteiger partial charge in [-0.05, 0) is 43.0 Å². The highest BCUT2D eigenvalue weighted by Gasteiger charge is 2.30. The van der Waals surface area contributed by atoms with Crippen molar-refractivity contribution in [1.29, 1.82) is 0 Å². The van der Waals surface area contributed by atoms with E-state index in [0.29, 0.717) is 25.8 Å². The lowest BCUT2D eigenvalue weighted by Gasteiger charge is -2.21. The van der Waals surface area contributed by atoms with E-state index < -0.39 is 10.0 Å². The van der Waals surface area contributed by atoms with Crippen molar-refractivity contribution in [3.05, 3.63) is 66.0 Å². The van der Waals surface area contributed by atoms with Crippen LogP contribution in [0.4, 0.5) is 0 Å². The molecule has 1 aliphatic heterocycles. The van der Waals surface area contributed by atoms with Gasteiger partial charge in [-0.25, -0.2) is 13.1 Å². The van der Waals surface area contributed by atoms with Crippen LogP contribution in [0, 0.1) is 0 Å². The summed E-state index contributed by atoms with van der Waals surface area (Å²) in [5.74, 6) is 0. The van der Waals surface area contributed by atoms with E-state index in [0.717, 1.165) is 17.7 Å². The molecule has 0 radical (unpaired) electrons. The molecule has 3 rings (SSSR count). The van der Waals surface area contributed by atoms with Crippen LogP contribution in [0.1, 0.15) is 17.5 Å². The first kappa shape index (κ1) is 17.1. The van der Waals surface area contributed by atoms with Crippen LogP contribution >= 0.6 is 0 Å². The van der Waals surface area contributed by atoms with Crippen molar-refractivity contribution in [3.63, 3.8) is 0 Å². The second kappa shape index (κ2) is 7.88. The third-order valence-electron chi connectivity index (χ3n) is 4.31. The van der Waals surface area contributed by atoms with E-state index in [2.05, 4.69) is 15.0 Å². The van der Waals surface area contributed by atoms with Crippen LogP contribution in [0.3, 0.4) is 0 Å². The van der Waals surface area contributed by atoms with E-state index in [-0.39, 0.29) is 11.3 Å². The Morgan fingerprint density at radius 1 is 1.12 bits per heavy atom. The van der Waals surface area contributed by atoms with Crippen molar-refractivity contribution in [3.8, 4) is 0 Å². The zero-order valence-electron chi connectivity index (χ0n) is 13.6. The third kappa shape index (κ3) is 4.63. The van der Waals surface area contributed by atoms with Crippen molar-refractivity contribution >= 4 is 10.0 Å². The van der Waals surface area contributed by atoms with E-state index in [9.17, 15) is 8.42 Å². The molecule has 0 spiro atoms. The Morgan fingerprint density at radius 3 is 2.54 bits per heavy atom. The molecule has 0 amide bonds. The minimum absolute atomic E-state index is 0.179. The molecule has 2 heterocycles. The summed E-state index contributed by atoms with van der Waals surface area (Å²) >= 11 is 0. The van der Waals surface area contributed by atoms with Crippen LogP contribution in [0.15, 0.2) is 54.9 Å². The number of nitrogens with one attached hydrogen (secondary N) is 2. The molecule has 128 valence electrons. The molecule has 0 saturated carbocycles. The van der Waals surface area contributed by atoms with Gasteiger partial charge in [0.1, 0.15) is 0 Å². The van der Waals surface area contributed by atoms with Crippen LogP contribution in [0.2, 0.25) is 0 Å². The van der Waals surface area contributed by atoms with Crippen molar-refractivity contribution in [1.82, 2.24) is 15.0 Å². The predicted octanol–water partition coefficient (Wildman–Crippen LogP) is 1.52. The lowest BCUT2D eigenvalue weighted by atomic mass is 10.0. The molecule has 2 N–H and O–H groups in total. The highest BCUT2D eigenvalue weighted by Crippen LogP contribution is 2.14. The van der Waals surface area contributed by atoms with Gasteiger partial charge >= 0.3 is 0 Å². The Balaban J connectivity index is 1.76. The van der Waals surface area contributed by atoms with Gasteiger partial charge in [-0.1, -0.05) is 36.4 Å². The van der Waals surface area contributed by atoms with Crippen LogP contribution in [-0.2, 0) is 22.9 Å². The Kier molecular flexibility index (Phi) is 5.60. The molecule has 1 aliphatic rings. The molecule has 5 nitrogen and oxygen atoms in total. The maximum atomic E-state index is 12.7. The lowest BCUT2D eigenvalue weighted by molar-refractivity contribution is 0.532. The van der Waals surface area contributed by atoms with Crippen LogP contribution < -0.4 is 10.0 Å². The second-order valence-corrected chi connectivity index (χ2v) is 8.22. The van der Waals surface area contributed by atoms with Gasteiger partial charge < -0.3 is 5.32 Å². The number of nitrogens with zero attached hydrogens (tertiary/aromatic N) is 1. The fourth-order valence-electron chi connectivity index (χ4n) is 3.08. The monoisotopic (exact) mass is 345 g/mol.